The third-order valence-corrected chi connectivity index (χ3v) is 4.17. The molecule has 3 unspecified atom stereocenters. The maximum Gasteiger partial charge on any atom is 0.194 e. The van der Waals surface area contributed by atoms with E-state index in [0.29, 0.717) is 12.0 Å². The third kappa shape index (κ3) is 2.20. The first kappa shape index (κ1) is 13.2. The van der Waals surface area contributed by atoms with E-state index in [-0.39, 0.29) is 17.7 Å². The summed E-state index contributed by atoms with van der Waals surface area (Å²) in [4.78, 5) is 14.7. The van der Waals surface area contributed by atoms with Crippen LogP contribution < -0.4 is 0 Å². The highest BCUT2D eigenvalue weighted by molar-refractivity contribution is 6.02. The van der Waals surface area contributed by atoms with E-state index in [9.17, 15) is 9.90 Å². The zero-order chi connectivity index (χ0) is 13.3. The van der Waals surface area contributed by atoms with Gasteiger partial charge in [-0.25, -0.2) is 0 Å². The summed E-state index contributed by atoms with van der Waals surface area (Å²) in [5, 5.41) is 10.8. The molecule has 0 spiro atoms. The lowest BCUT2D eigenvalue weighted by molar-refractivity contribution is -0.0533. The molecule has 0 radical (unpaired) electrons. The zero-order valence-electron chi connectivity index (χ0n) is 11.3. The van der Waals surface area contributed by atoms with E-state index in [2.05, 4.69) is 11.8 Å². The number of hydrogen-bond acceptors (Lipinski definition) is 3. The van der Waals surface area contributed by atoms with Gasteiger partial charge >= 0.3 is 0 Å². The normalized spacial score (nSPS) is 33.3. The number of aliphatic hydroxyl groups is 1. The molecule has 18 heavy (non-hydrogen) atoms. The Balaban J connectivity index is 2.28. The molecule has 1 saturated heterocycles. The van der Waals surface area contributed by atoms with Crippen molar-refractivity contribution in [3.05, 3.63) is 35.9 Å². The number of likely N-dealkylation sites (tertiary alicyclic amines) is 1. The molecule has 0 aliphatic carbocycles. The second-order valence-corrected chi connectivity index (χ2v) is 5.51. The molecule has 1 aromatic rings. The van der Waals surface area contributed by atoms with Crippen LogP contribution in [0.3, 0.4) is 0 Å². The summed E-state index contributed by atoms with van der Waals surface area (Å²) in [6, 6.07) is 9.31. The Kier molecular flexibility index (Phi) is 3.55. The third-order valence-electron chi connectivity index (χ3n) is 4.17. The maximum atomic E-state index is 12.5. The Labute approximate surface area is 108 Å². The smallest absolute Gasteiger partial charge is 0.194 e. The fourth-order valence-electron chi connectivity index (χ4n) is 2.73. The van der Waals surface area contributed by atoms with Crippen molar-refractivity contribution >= 4 is 5.78 Å². The molecular formula is C15H21NO2. The summed E-state index contributed by atoms with van der Waals surface area (Å²) >= 11 is 0. The van der Waals surface area contributed by atoms with E-state index in [0.717, 1.165) is 6.54 Å². The van der Waals surface area contributed by atoms with Crippen molar-refractivity contribution in [3.8, 4) is 0 Å². The summed E-state index contributed by atoms with van der Waals surface area (Å²) in [5.74, 6) is -0.193. The Hall–Kier alpha value is -1.19. The minimum atomic E-state index is -1.23. The van der Waals surface area contributed by atoms with Gasteiger partial charge in [0.2, 0.25) is 0 Å². The molecule has 2 rings (SSSR count). The molecule has 3 nitrogen and oxygen atoms in total. The van der Waals surface area contributed by atoms with Gasteiger partial charge in [-0.05, 0) is 20.4 Å². The molecule has 0 saturated carbocycles. The second kappa shape index (κ2) is 4.82. The maximum absolute atomic E-state index is 12.5. The molecule has 1 aliphatic rings. The molecule has 3 heteroatoms. The fraction of sp³-hybridized carbons (Fsp3) is 0.533. The van der Waals surface area contributed by atoms with Crippen LogP contribution in [-0.2, 0) is 0 Å². The number of piperidine rings is 1. The fourth-order valence-corrected chi connectivity index (χ4v) is 2.73. The van der Waals surface area contributed by atoms with Gasteiger partial charge in [0.15, 0.2) is 5.78 Å². The average molecular weight is 247 g/mol. The second-order valence-electron chi connectivity index (χ2n) is 5.51. The minimum Gasteiger partial charge on any atom is -0.381 e. The molecule has 98 valence electrons. The summed E-state index contributed by atoms with van der Waals surface area (Å²) in [5.41, 5.74) is -0.628. The topological polar surface area (TPSA) is 40.5 Å². The van der Waals surface area contributed by atoms with Crippen molar-refractivity contribution in [2.24, 2.45) is 5.92 Å². The highest BCUT2D eigenvalue weighted by atomic mass is 16.3. The minimum absolute atomic E-state index is 0.0496. The molecule has 0 aromatic heterocycles. The van der Waals surface area contributed by atoms with Crippen molar-refractivity contribution in [3.63, 3.8) is 0 Å². The summed E-state index contributed by atoms with van der Waals surface area (Å²) in [7, 11) is 2.04. The van der Waals surface area contributed by atoms with E-state index < -0.39 is 5.60 Å². The highest BCUT2D eigenvalue weighted by Gasteiger charge is 2.46. The van der Waals surface area contributed by atoms with Crippen LogP contribution >= 0.6 is 0 Å². The number of carbonyl (C=O) groups is 1. The van der Waals surface area contributed by atoms with E-state index in [4.69, 9.17) is 0 Å². The van der Waals surface area contributed by atoms with Crippen LogP contribution in [0.1, 0.15) is 30.6 Å². The van der Waals surface area contributed by atoms with Crippen molar-refractivity contribution in [1.82, 2.24) is 4.90 Å². The monoisotopic (exact) mass is 247 g/mol. The van der Waals surface area contributed by atoms with Gasteiger partial charge in [-0.3, -0.25) is 4.79 Å². The van der Waals surface area contributed by atoms with Crippen LogP contribution in [0.5, 0.6) is 0 Å². The number of ketones is 1. The van der Waals surface area contributed by atoms with Gasteiger partial charge in [-0.15, -0.1) is 0 Å². The quantitative estimate of drug-likeness (QED) is 0.812. The standard InChI is InChI=1S/C15H21NO2/c1-11-10-16(3)12(2)9-15(11,18)14(17)13-7-5-4-6-8-13/h4-8,11-12,18H,9-10H2,1-3H3. The van der Waals surface area contributed by atoms with Gasteiger partial charge in [0.1, 0.15) is 5.60 Å². The Morgan fingerprint density at radius 1 is 1.33 bits per heavy atom. The van der Waals surface area contributed by atoms with Gasteiger partial charge in [-0.1, -0.05) is 37.3 Å². The molecule has 1 fully saturated rings. The van der Waals surface area contributed by atoms with Crippen molar-refractivity contribution in [2.45, 2.75) is 31.9 Å². The molecule has 1 heterocycles. The lowest BCUT2D eigenvalue weighted by Crippen LogP contribution is -2.57. The Bertz CT molecular complexity index is 431. The van der Waals surface area contributed by atoms with Gasteiger partial charge in [0, 0.05) is 24.1 Å². The average Bonchev–Trinajstić information content (AvgIpc) is 2.37. The Morgan fingerprint density at radius 2 is 1.94 bits per heavy atom. The zero-order valence-corrected chi connectivity index (χ0v) is 11.3. The van der Waals surface area contributed by atoms with Gasteiger partial charge in [0.25, 0.3) is 0 Å². The van der Waals surface area contributed by atoms with Crippen LogP contribution in [0.25, 0.3) is 0 Å². The number of Topliss-reactive ketones (excluding diaryl/α,β-unsaturated/α-hetero) is 1. The van der Waals surface area contributed by atoms with Crippen LogP contribution in [0.2, 0.25) is 0 Å². The molecule has 1 aliphatic heterocycles. The van der Waals surface area contributed by atoms with Crippen LogP contribution in [-0.4, -0.2) is 41.0 Å². The van der Waals surface area contributed by atoms with E-state index >= 15 is 0 Å². The van der Waals surface area contributed by atoms with Gasteiger partial charge in [0.05, 0.1) is 0 Å². The van der Waals surface area contributed by atoms with Crippen LogP contribution in [0.15, 0.2) is 30.3 Å². The number of benzene rings is 1. The van der Waals surface area contributed by atoms with Crippen LogP contribution in [0, 0.1) is 5.92 Å². The molecule has 0 amide bonds. The van der Waals surface area contributed by atoms with Crippen molar-refractivity contribution in [2.75, 3.05) is 13.6 Å². The first-order chi connectivity index (χ1) is 8.45. The predicted molar refractivity (Wildman–Crippen MR) is 71.6 cm³/mol. The van der Waals surface area contributed by atoms with Gasteiger partial charge in [-0.2, -0.15) is 0 Å². The summed E-state index contributed by atoms with van der Waals surface area (Å²) in [6.45, 7) is 4.74. The van der Waals surface area contributed by atoms with Crippen LogP contribution in [0.4, 0.5) is 0 Å². The SMILES string of the molecule is CC1CC(O)(C(=O)c2ccccc2)C(C)CN1C. The van der Waals surface area contributed by atoms with Gasteiger partial charge < -0.3 is 10.0 Å². The van der Waals surface area contributed by atoms with Crippen molar-refractivity contribution in [1.29, 1.82) is 0 Å². The first-order valence-electron chi connectivity index (χ1n) is 6.47. The molecule has 1 aromatic carbocycles. The first-order valence-corrected chi connectivity index (χ1v) is 6.47. The predicted octanol–water partition coefficient (Wildman–Crippen LogP) is 1.96. The summed E-state index contributed by atoms with van der Waals surface area (Å²) in [6.07, 6.45) is 0.498. The highest BCUT2D eigenvalue weighted by Crippen LogP contribution is 2.33. The molecule has 0 bridgehead atoms. The van der Waals surface area contributed by atoms with Crippen molar-refractivity contribution < 1.29 is 9.90 Å². The lowest BCUT2D eigenvalue weighted by Gasteiger charge is -2.44. The number of carbonyl (C=O) groups excluding carboxylic acids is 1. The molecule has 3 atom stereocenters. The molecular weight excluding hydrogens is 226 g/mol. The van der Waals surface area contributed by atoms with E-state index in [1.54, 1.807) is 12.1 Å². The number of rotatable bonds is 2. The summed E-state index contributed by atoms with van der Waals surface area (Å²) < 4.78 is 0. The van der Waals surface area contributed by atoms with E-state index in [1.807, 2.05) is 32.2 Å². The number of hydrogen-bond donors (Lipinski definition) is 1. The van der Waals surface area contributed by atoms with E-state index in [1.165, 1.54) is 0 Å². The Morgan fingerprint density at radius 3 is 2.56 bits per heavy atom. The molecule has 1 N–H and O–H groups in total. The number of nitrogens with zero attached hydrogens (tertiary/aromatic N) is 1. The largest absolute Gasteiger partial charge is 0.381 e. The lowest BCUT2D eigenvalue weighted by atomic mass is 9.74.